The number of nitrogens with one attached hydrogen (secondary N) is 1. The van der Waals surface area contributed by atoms with E-state index in [-0.39, 0.29) is 21.4 Å². The molecule has 3 amide bonds. The highest BCUT2D eigenvalue weighted by molar-refractivity contribution is 8.18. The average molecular weight is 518 g/mol. The standard InChI is InChI=1S/C24H24ClN3O6S/c1-2-34-19-12-15(11-16(25)22(19)30)13-20-23(31)28(24(32)35-20)14-21(29)26-17-5-3-4-6-18(17)27-7-9-33-10-8-27/h3-6,11-13,30H,2,7-10,14H2,1H3,(H,26,29)/b20-13-. The van der Waals surface area contributed by atoms with Crippen LogP contribution >= 0.6 is 23.4 Å². The molecule has 0 atom stereocenters. The highest BCUT2D eigenvalue weighted by Crippen LogP contribution is 2.38. The molecule has 0 bridgehead atoms. The van der Waals surface area contributed by atoms with E-state index in [2.05, 4.69) is 10.2 Å². The van der Waals surface area contributed by atoms with E-state index < -0.39 is 23.6 Å². The molecule has 9 nitrogen and oxygen atoms in total. The number of hydrogen-bond donors (Lipinski definition) is 2. The number of carbonyl (C=O) groups is 3. The van der Waals surface area contributed by atoms with Gasteiger partial charge in [-0.3, -0.25) is 19.3 Å². The Bertz CT molecular complexity index is 1180. The van der Waals surface area contributed by atoms with Gasteiger partial charge in [0, 0.05) is 13.1 Å². The molecule has 2 aromatic rings. The fourth-order valence-corrected chi connectivity index (χ4v) is 4.78. The van der Waals surface area contributed by atoms with Crippen molar-refractivity contribution < 1.29 is 29.0 Å². The molecule has 2 heterocycles. The molecule has 0 aliphatic carbocycles. The number of amides is 3. The summed E-state index contributed by atoms with van der Waals surface area (Å²) >= 11 is 6.79. The zero-order chi connectivity index (χ0) is 24.9. The molecule has 2 N–H and O–H groups in total. The van der Waals surface area contributed by atoms with Crippen LogP contribution in [0.25, 0.3) is 6.08 Å². The first-order chi connectivity index (χ1) is 16.9. The summed E-state index contributed by atoms with van der Waals surface area (Å²) < 4.78 is 10.8. The number of anilines is 2. The number of nitrogens with zero attached hydrogens (tertiary/aromatic N) is 2. The van der Waals surface area contributed by atoms with Gasteiger partial charge < -0.3 is 24.8 Å². The van der Waals surface area contributed by atoms with E-state index in [0.29, 0.717) is 44.2 Å². The molecule has 2 saturated heterocycles. The van der Waals surface area contributed by atoms with Gasteiger partial charge in [0.15, 0.2) is 11.5 Å². The fourth-order valence-electron chi connectivity index (χ4n) is 3.72. The lowest BCUT2D eigenvalue weighted by molar-refractivity contribution is -0.127. The molecule has 2 aliphatic heterocycles. The van der Waals surface area contributed by atoms with Crippen LogP contribution < -0.4 is 15.0 Å². The van der Waals surface area contributed by atoms with Crippen LogP contribution in [-0.2, 0) is 14.3 Å². The van der Waals surface area contributed by atoms with Crippen LogP contribution in [0, 0.1) is 0 Å². The maximum atomic E-state index is 12.9. The second kappa shape index (κ2) is 11.0. The average Bonchev–Trinajstić information content (AvgIpc) is 3.10. The first-order valence-corrected chi connectivity index (χ1v) is 12.2. The number of rotatable bonds is 7. The van der Waals surface area contributed by atoms with Crippen molar-refractivity contribution >= 4 is 57.9 Å². The predicted octanol–water partition coefficient (Wildman–Crippen LogP) is 3.96. The van der Waals surface area contributed by atoms with Crippen LogP contribution in [0.15, 0.2) is 41.3 Å². The van der Waals surface area contributed by atoms with Gasteiger partial charge in [0.2, 0.25) is 5.91 Å². The summed E-state index contributed by atoms with van der Waals surface area (Å²) in [5, 5.41) is 12.3. The van der Waals surface area contributed by atoms with Crippen LogP contribution in [0.5, 0.6) is 11.5 Å². The van der Waals surface area contributed by atoms with Gasteiger partial charge in [-0.05, 0) is 54.6 Å². The first-order valence-electron chi connectivity index (χ1n) is 11.0. The maximum absolute atomic E-state index is 12.9. The number of ether oxygens (including phenoxy) is 2. The second-order valence-corrected chi connectivity index (χ2v) is 9.12. The number of hydrogen-bond acceptors (Lipinski definition) is 8. The quantitative estimate of drug-likeness (QED) is 0.531. The molecule has 0 spiro atoms. The van der Waals surface area contributed by atoms with E-state index in [1.807, 2.05) is 18.2 Å². The largest absolute Gasteiger partial charge is 0.503 e. The molecule has 0 saturated carbocycles. The minimum atomic E-state index is -0.584. The van der Waals surface area contributed by atoms with Crippen molar-refractivity contribution in [3.05, 3.63) is 51.9 Å². The van der Waals surface area contributed by atoms with Crippen molar-refractivity contribution in [1.29, 1.82) is 0 Å². The summed E-state index contributed by atoms with van der Waals surface area (Å²) in [6.45, 7) is 4.26. The van der Waals surface area contributed by atoms with Crippen molar-refractivity contribution in [2.45, 2.75) is 6.92 Å². The third-order valence-corrected chi connectivity index (χ3v) is 6.55. The molecule has 2 fully saturated rings. The number of aromatic hydroxyl groups is 1. The lowest BCUT2D eigenvalue weighted by Crippen LogP contribution is -2.38. The highest BCUT2D eigenvalue weighted by atomic mass is 35.5. The van der Waals surface area contributed by atoms with E-state index in [0.717, 1.165) is 22.3 Å². The van der Waals surface area contributed by atoms with Gasteiger partial charge in [0.1, 0.15) is 6.54 Å². The van der Waals surface area contributed by atoms with E-state index in [9.17, 15) is 19.5 Å². The lowest BCUT2D eigenvalue weighted by Gasteiger charge is -2.30. The van der Waals surface area contributed by atoms with E-state index in [1.54, 1.807) is 13.0 Å². The summed E-state index contributed by atoms with van der Waals surface area (Å²) in [5.41, 5.74) is 1.93. The van der Waals surface area contributed by atoms with Gasteiger partial charge in [-0.25, -0.2) is 0 Å². The first kappa shape index (κ1) is 24.9. The number of benzene rings is 2. The molecule has 2 aliphatic rings. The third-order valence-electron chi connectivity index (χ3n) is 5.35. The van der Waals surface area contributed by atoms with Crippen LogP contribution in [-0.4, -0.2) is 66.5 Å². The minimum Gasteiger partial charge on any atom is -0.503 e. The normalized spacial score (nSPS) is 17.3. The van der Waals surface area contributed by atoms with Crippen molar-refractivity contribution in [2.24, 2.45) is 0 Å². The Morgan fingerprint density at radius 2 is 2.00 bits per heavy atom. The number of phenols is 1. The lowest BCUT2D eigenvalue weighted by atomic mass is 10.2. The van der Waals surface area contributed by atoms with Gasteiger partial charge >= 0.3 is 0 Å². The third kappa shape index (κ3) is 5.72. The van der Waals surface area contributed by atoms with E-state index in [4.69, 9.17) is 21.1 Å². The molecule has 2 aromatic carbocycles. The van der Waals surface area contributed by atoms with Gasteiger partial charge in [0.25, 0.3) is 11.1 Å². The molecule has 4 rings (SSSR count). The van der Waals surface area contributed by atoms with Crippen molar-refractivity contribution in [3.8, 4) is 11.5 Å². The molecular formula is C24H24ClN3O6S. The summed E-state index contributed by atoms with van der Waals surface area (Å²) in [7, 11) is 0. The van der Waals surface area contributed by atoms with Crippen molar-refractivity contribution in [1.82, 2.24) is 4.90 Å². The van der Waals surface area contributed by atoms with E-state index >= 15 is 0 Å². The van der Waals surface area contributed by atoms with Crippen LogP contribution in [0.4, 0.5) is 16.2 Å². The molecular weight excluding hydrogens is 494 g/mol. The van der Waals surface area contributed by atoms with Crippen LogP contribution in [0.1, 0.15) is 12.5 Å². The highest BCUT2D eigenvalue weighted by Gasteiger charge is 2.36. The summed E-state index contributed by atoms with van der Waals surface area (Å²) in [6, 6.07) is 10.4. The number of carbonyl (C=O) groups excluding carboxylic acids is 3. The van der Waals surface area contributed by atoms with E-state index in [1.165, 1.54) is 18.2 Å². The number of thioether (sulfide) groups is 1. The molecule has 0 radical (unpaired) electrons. The maximum Gasteiger partial charge on any atom is 0.294 e. The monoisotopic (exact) mass is 517 g/mol. The predicted molar refractivity (Wildman–Crippen MR) is 135 cm³/mol. The number of para-hydroxylation sites is 2. The Morgan fingerprint density at radius 1 is 1.26 bits per heavy atom. The Balaban J connectivity index is 1.47. The molecule has 35 heavy (non-hydrogen) atoms. The second-order valence-electron chi connectivity index (χ2n) is 7.72. The molecule has 184 valence electrons. The van der Waals surface area contributed by atoms with Gasteiger partial charge in [-0.1, -0.05) is 23.7 Å². The summed E-state index contributed by atoms with van der Waals surface area (Å²) in [4.78, 5) is 41.3. The van der Waals surface area contributed by atoms with Crippen molar-refractivity contribution in [2.75, 3.05) is 49.7 Å². The molecule has 0 aromatic heterocycles. The zero-order valence-electron chi connectivity index (χ0n) is 19.0. The van der Waals surface area contributed by atoms with Crippen LogP contribution in [0.3, 0.4) is 0 Å². The fraction of sp³-hybridized carbons (Fsp3) is 0.292. The number of imide groups is 1. The van der Waals surface area contributed by atoms with Gasteiger partial charge in [0.05, 0.1) is 41.1 Å². The molecule has 0 unspecified atom stereocenters. The minimum absolute atomic E-state index is 0.0553. The number of phenolic OH excluding ortho intramolecular Hbond substituents is 1. The van der Waals surface area contributed by atoms with Gasteiger partial charge in [-0.2, -0.15) is 0 Å². The molecule has 11 heteroatoms. The summed E-state index contributed by atoms with van der Waals surface area (Å²) in [5.74, 6) is -1.10. The van der Waals surface area contributed by atoms with Crippen LogP contribution in [0.2, 0.25) is 5.02 Å². The Labute approximate surface area is 211 Å². The summed E-state index contributed by atoms with van der Waals surface area (Å²) in [6.07, 6.45) is 1.48. The SMILES string of the molecule is CCOc1cc(/C=C2\SC(=O)N(CC(=O)Nc3ccccc3N3CCOCC3)C2=O)cc(Cl)c1O. The smallest absolute Gasteiger partial charge is 0.294 e. The number of morpholine rings is 1. The Kier molecular flexibility index (Phi) is 7.84. The van der Waals surface area contributed by atoms with Crippen molar-refractivity contribution in [3.63, 3.8) is 0 Å². The van der Waals surface area contributed by atoms with Gasteiger partial charge in [-0.15, -0.1) is 0 Å². The Hall–Kier alpha value is -3.21. The zero-order valence-corrected chi connectivity index (χ0v) is 20.5. The number of halogens is 1. The Morgan fingerprint density at radius 3 is 2.74 bits per heavy atom. The topological polar surface area (TPSA) is 108 Å².